The molecule has 0 unspecified atom stereocenters. The van der Waals surface area contributed by atoms with Gasteiger partial charge in [-0.3, -0.25) is 24.1 Å². The molecule has 0 aromatic carbocycles. The molecule has 0 N–H and O–H groups in total. The van der Waals surface area contributed by atoms with Crippen molar-refractivity contribution in [3.8, 4) is 0 Å². The number of ketones is 1. The van der Waals surface area contributed by atoms with E-state index in [-0.39, 0.29) is 19.8 Å². The Morgan fingerprint density at radius 3 is 2.26 bits per heavy atom. The van der Waals surface area contributed by atoms with E-state index in [0.29, 0.717) is 0 Å². The van der Waals surface area contributed by atoms with E-state index < -0.39 is 35.5 Å². The Labute approximate surface area is 110 Å². The number of imide groups is 1. The molecule has 1 aliphatic heterocycles. The van der Waals surface area contributed by atoms with E-state index in [1.807, 2.05) is 0 Å². The normalized spacial score (nSPS) is 16.5. The number of rotatable bonds is 5. The number of amides is 2. The fourth-order valence-corrected chi connectivity index (χ4v) is 1.46. The lowest BCUT2D eigenvalue weighted by Gasteiger charge is -2.28. The second-order valence-electron chi connectivity index (χ2n) is 4.64. The summed E-state index contributed by atoms with van der Waals surface area (Å²) in [4.78, 5) is 47.5. The lowest BCUT2D eigenvalue weighted by molar-refractivity contribution is -0.165. The molecule has 1 rings (SSSR count). The number of carbonyl (C=O) groups excluding carboxylic acids is 4. The molecule has 106 valence electrons. The fourth-order valence-electron chi connectivity index (χ4n) is 1.46. The third-order valence-electron chi connectivity index (χ3n) is 2.84. The van der Waals surface area contributed by atoms with E-state index in [1.165, 1.54) is 13.8 Å². The molecule has 0 aliphatic carbocycles. The molecule has 0 bridgehead atoms. The summed E-state index contributed by atoms with van der Waals surface area (Å²) in [6.07, 6.45) is 0. The molecule has 0 aromatic heterocycles. The van der Waals surface area contributed by atoms with E-state index in [9.17, 15) is 19.2 Å². The molecule has 1 fully saturated rings. The number of Topliss-reactive ketones (excluding diaryl/α,β-unsaturated/α-hetero) is 1. The van der Waals surface area contributed by atoms with Gasteiger partial charge in [-0.1, -0.05) is 0 Å². The molecular weight excluding hydrogens is 254 g/mol. The van der Waals surface area contributed by atoms with Gasteiger partial charge in [-0.2, -0.15) is 0 Å². The van der Waals surface area contributed by atoms with Gasteiger partial charge in [0.2, 0.25) is 0 Å². The second kappa shape index (κ2) is 5.92. The summed E-state index contributed by atoms with van der Waals surface area (Å²) in [6, 6.07) is 0. The second-order valence-corrected chi connectivity index (χ2v) is 4.64. The highest BCUT2D eigenvalue weighted by molar-refractivity contribution is 6.08. The molecule has 2 amide bonds. The molecule has 1 heterocycles. The number of carbonyl (C=O) groups is 4. The van der Waals surface area contributed by atoms with Gasteiger partial charge in [0.05, 0.1) is 13.2 Å². The summed E-state index contributed by atoms with van der Waals surface area (Å²) in [7, 11) is 0. The van der Waals surface area contributed by atoms with Crippen molar-refractivity contribution in [1.82, 2.24) is 4.90 Å². The van der Waals surface area contributed by atoms with Crippen molar-refractivity contribution in [1.29, 1.82) is 0 Å². The van der Waals surface area contributed by atoms with Gasteiger partial charge in [-0.25, -0.2) is 0 Å². The first kappa shape index (κ1) is 15.3. The lowest BCUT2D eigenvalue weighted by atomic mass is 9.87. The molecule has 7 nitrogen and oxygen atoms in total. The van der Waals surface area contributed by atoms with E-state index in [4.69, 9.17) is 9.47 Å². The van der Waals surface area contributed by atoms with Crippen molar-refractivity contribution in [2.24, 2.45) is 5.41 Å². The predicted octanol–water partition coefficient (Wildman–Crippen LogP) is -0.470. The van der Waals surface area contributed by atoms with Crippen molar-refractivity contribution in [3.63, 3.8) is 0 Å². The Hall–Kier alpha value is -1.76. The van der Waals surface area contributed by atoms with Crippen molar-refractivity contribution >= 4 is 23.6 Å². The number of hydrogen-bond acceptors (Lipinski definition) is 6. The van der Waals surface area contributed by atoms with Crippen molar-refractivity contribution in [2.45, 2.75) is 20.8 Å². The molecule has 0 spiro atoms. The first-order chi connectivity index (χ1) is 8.80. The fraction of sp³-hybridized carbons (Fsp3) is 0.667. The monoisotopic (exact) mass is 271 g/mol. The number of hydrogen-bond donors (Lipinski definition) is 0. The number of morpholine rings is 1. The summed E-state index contributed by atoms with van der Waals surface area (Å²) < 4.78 is 9.53. The number of esters is 1. The summed E-state index contributed by atoms with van der Waals surface area (Å²) in [5, 5.41) is 0. The van der Waals surface area contributed by atoms with Crippen molar-refractivity contribution in [2.75, 3.05) is 26.4 Å². The van der Waals surface area contributed by atoms with E-state index in [0.717, 1.165) is 4.90 Å². The third-order valence-corrected chi connectivity index (χ3v) is 2.84. The summed E-state index contributed by atoms with van der Waals surface area (Å²) in [6.45, 7) is 3.69. The number of nitrogens with zero attached hydrogens (tertiary/aromatic N) is 1. The highest BCUT2D eigenvalue weighted by Crippen LogP contribution is 2.20. The Morgan fingerprint density at radius 1 is 1.26 bits per heavy atom. The van der Waals surface area contributed by atoms with Crippen molar-refractivity contribution in [3.05, 3.63) is 0 Å². The average Bonchev–Trinajstić information content (AvgIpc) is 2.34. The van der Waals surface area contributed by atoms with Crippen LogP contribution in [-0.2, 0) is 28.7 Å². The zero-order chi connectivity index (χ0) is 14.6. The minimum Gasteiger partial charge on any atom is -0.465 e. The molecular formula is C12H17NO6. The minimum absolute atomic E-state index is 0.158. The summed E-state index contributed by atoms with van der Waals surface area (Å²) in [5.41, 5.74) is -1.39. The van der Waals surface area contributed by atoms with Gasteiger partial charge in [-0.05, 0) is 20.8 Å². The summed E-state index contributed by atoms with van der Waals surface area (Å²) >= 11 is 0. The smallest absolute Gasteiger partial charge is 0.319 e. The van der Waals surface area contributed by atoms with Crippen LogP contribution >= 0.6 is 0 Å². The van der Waals surface area contributed by atoms with Gasteiger partial charge >= 0.3 is 5.97 Å². The molecule has 1 aliphatic rings. The largest absolute Gasteiger partial charge is 0.465 e. The maximum atomic E-state index is 12.1. The van der Waals surface area contributed by atoms with Crippen LogP contribution in [0.3, 0.4) is 0 Å². The van der Waals surface area contributed by atoms with Crippen LogP contribution in [-0.4, -0.2) is 54.8 Å². The van der Waals surface area contributed by atoms with Crippen LogP contribution in [0.5, 0.6) is 0 Å². The van der Waals surface area contributed by atoms with Crippen LogP contribution in [0.1, 0.15) is 20.8 Å². The van der Waals surface area contributed by atoms with Gasteiger partial charge < -0.3 is 9.47 Å². The Kier molecular flexibility index (Phi) is 4.77. The quantitative estimate of drug-likeness (QED) is 0.381. The van der Waals surface area contributed by atoms with Crippen LogP contribution in [0.4, 0.5) is 0 Å². The van der Waals surface area contributed by atoms with Gasteiger partial charge in [0.25, 0.3) is 11.8 Å². The van der Waals surface area contributed by atoms with Crippen LogP contribution in [0.25, 0.3) is 0 Å². The van der Waals surface area contributed by atoms with Crippen molar-refractivity contribution < 1.29 is 28.7 Å². The first-order valence-electron chi connectivity index (χ1n) is 5.92. The zero-order valence-electron chi connectivity index (χ0n) is 11.2. The van der Waals surface area contributed by atoms with Gasteiger partial charge in [0.15, 0.2) is 5.78 Å². The molecule has 0 radical (unpaired) electrons. The maximum Gasteiger partial charge on any atom is 0.319 e. The predicted molar refractivity (Wildman–Crippen MR) is 63.0 cm³/mol. The molecule has 19 heavy (non-hydrogen) atoms. The molecule has 0 aromatic rings. The van der Waals surface area contributed by atoms with E-state index in [2.05, 4.69) is 0 Å². The average molecular weight is 271 g/mol. The van der Waals surface area contributed by atoms with E-state index >= 15 is 0 Å². The third kappa shape index (κ3) is 3.37. The SMILES string of the molecule is CCOC(=O)C(C)(C)C(=O)CN1C(=O)COCC1=O. The minimum atomic E-state index is -1.39. The maximum absolute atomic E-state index is 12.1. The molecule has 1 saturated heterocycles. The molecule has 0 atom stereocenters. The van der Waals surface area contributed by atoms with Gasteiger partial charge in [-0.15, -0.1) is 0 Å². The van der Waals surface area contributed by atoms with Crippen LogP contribution < -0.4 is 0 Å². The van der Waals surface area contributed by atoms with Crippen LogP contribution in [0.2, 0.25) is 0 Å². The standard InChI is InChI=1S/C12H17NO6/c1-4-19-11(17)12(2,3)8(14)5-13-9(15)6-18-7-10(13)16/h4-7H2,1-3H3. The lowest BCUT2D eigenvalue weighted by Crippen LogP contribution is -2.51. The topological polar surface area (TPSA) is 90.0 Å². The van der Waals surface area contributed by atoms with Crippen LogP contribution in [0.15, 0.2) is 0 Å². The first-order valence-corrected chi connectivity index (χ1v) is 5.92. The zero-order valence-corrected chi connectivity index (χ0v) is 11.2. The van der Waals surface area contributed by atoms with Gasteiger partial charge in [0, 0.05) is 0 Å². The van der Waals surface area contributed by atoms with E-state index in [1.54, 1.807) is 6.92 Å². The highest BCUT2D eigenvalue weighted by atomic mass is 16.5. The molecule has 0 saturated carbocycles. The Morgan fingerprint density at radius 2 is 1.79 bits per heavy atom. The number of ether oxygens (including phenoxy) is 2. The highest BCUT2D eigenvalue weighted by Gasteiger charge is 2.40. The van der Waals surface area contributed by atoms with Gasteiger partial charge in [0.1, 0.15) is 18.6 Å². The Bertz CT molecular complexity index is 398. The van der Waals surface area contributed by atoms with Crippen LogP contribution in [0, 0.1) is 5.41 Å². The Balaban J connectivity index is 2.75. The molecule has 7 heteroatoms. The summed E-state index contributed by atoms with van der Waals surface area (Å²) in [5.74, 6) is -2.38.